The summed E-state index contributed by atoms with van der Waals surface area (Å²) in [7, 11) is 0. The van der Waals surface area contributed by atoms with Crippen LogP contribution >= 0.6 is 0 Å². The van der Waals surface area contributed by atoms with Crippen molar-refractivity contribution < 1.29 is 28.6 Å². The Morgan fingerprint density at radius 3 is 1.03 bits per heavy atom. The molecule has 1 atom stereocenters. The number of rotatable bonds is 46. The second kappa shape index (κ2) is 49.0. The fourth-order valence-corrected chi connectivity index (χ4v) is 7.22. The van der Waals surface area contributed by atoms with Gasteiger partial charge in [-0.15, -0.1) is 0 Å². The van der Waals surface area contributed by atoms with Crippen LogP contribution in [-0.4, -0.2) is 37.2 Å². The third-order valence-electron chi connectivity index (χ3n) is 11.1. The first-order valence-electron chi connectivity index (χ1n) is 25.6. The molecule has 0 amide bonds. The van der Waals surface area contributed by atoms with Crippen molar-refractivity contribution in [1.29, 1.82) is 0 Å². The first-order chi connectivity index (χ1) is 29.5. The number of esters is 3. The number of unbranched alkanes of at least 4 members (excludes halogenated alkanes) is 27. The van der Waals surface area contributed by atoms with Crippen molar-refractivity contribution in [2.45, 2.75) is 264 Å². The molecule has 60 heavy (non-hydrogen) atoms. The Hall–Kier alpha value is -2.63. The zero-order valence-corrected chi connectivity index (χ0v) is 39.7. The van der Waals surface area contributed by atoms with Gasteiger partial charge in [0.25, 0.3) is 0 Å². The number of ether oxygens (including phenoxy) is 3. The maximum Gasteiger partial charge on any atom is 0.306 e. The normalized spacial score (nSPS) is 12.4. The van der Waals surface area contributed by atoms with Gasteiger partial charge in [0.1, 0.15) is 13.2 Å². The fourth-order valence-electron chi connectivity index (χ4n) is 7.22. The number of hydrogen-bond acceptors (Lipinski definition) is 6. The van der Waals surface area contributed by atoms with Crippen LogP contribution in [0.1, 0.15) is 258 Å². The molecule has 0 saturated heterocycles. The van der Waals surface area contributed by atoms with Gasteiger partial charge in [-0.3, -0.25) is 14.4 Å². The van der Waals surface area contributed by atoms with Gasteiger partial charge in [0.15, 0.2) is 6.10 Å². The third kappa shape index (κ3) is 46.4. The highest BCUT2D eigenvalue weighted by Gasteiger charge is 2.19. The second-order valence-corrected chi connectivity index (χ2v) is 17.1. The van der Waals surface area contributed by atoms with E-state index < -0.39 is 6.10 Å². The standard InChI is InChI=1S/C54H96O6/c1-4-7-10-13-16-19-21-23-25-26-27-28-30-31-33-35-38-41-44-47-53(56)59-50-51(49-58-52(55)46-43-40-37-18-15-12-9-6-3)60-54(57)48-45-42-39-36-34-32-29-24-22-20-17-14-11-8-5-2/h8,11,17,20,23-25,29,51H,4-7,9-10,12-16,18-19,21-22,26-28,30-50H2,1-3H3/b11-8-,20-17-,25-23-,29-24-. The first kappa shape index (κ1) is 57.4. The zero-order valence-electron chi connectivity index (χ0n) is 39.7. The van der Waals surface area contributed by atoms with E-state index in [2.05, 4.69) is 69.4 Å². The maximum absolute atomic E-state index is 12.8. The molecule has 0 aliphatic carbocycles. The van der Waals surface area contributed by atoms with Crippen LogP contribution in [0.3, 0.4) is 0 Å². The minimum Gasteiger partial charge on any atom is -0.462 e. The first-order valence-corrected chi connectivity index (χ1v) is 25.6. The van der Waals surface area contributed by atoms with Crippen molar-refractivity contribution >= 4 is 17.9 Å². The summed E-state index contributed by atoms with van der Waals surface area (Å²) < 4.78 is 16.7. The van der Waals surface area contributed by atoms with Crippen LogP contribution in [0.15, 0.2) is 48.6 Å². The molecule has 1 unspecified atom stereocenters. The van der Waals surface area contributed by atoms with Crippen molar-refractivity contribution in [2.75, 3.05) is 13.2 Å². The molecule has 0 fully saturated rings. The molecule has 0 aliphatic heterocycles. The highest BCUT2D eigenvalue weighted by atomic mass is 16.6. The number of allylic oxidation sites excluding steroid dienone is 8. The Labute approximate surface area is 371 Å². The van der Waals surface area contributed by atoms with Gasteiger partial charge in [-0.1, -0.05) is 211 Å². The Kier molecular flexibility index (Phi) is 46.9. The molecule has 0 saturated carbocycles. The van der Waals surface area contributed by atoms with E-state index in [0.29, 0.717) is 19.3 Å². The molecule has 0 spiro atoms. The minimum atomic E-state index is -0.778. The van der Waals surface area contributed by atoms with Gasteiger partial charge in [0.2, 0.25) is 0 Å². The predicted molar refractivity (Wildman–Crippen MR) is 256 cm³/mol. The summed E-state index contributed by atoms with van der Waals surface area (Å²) in [4.78, 5) is 37.8. The summed E-state index contributed by atoms with van der Waals surface area (Å²) in [6.45, 7) is 6.49. The van der Waals surface area contributed by atoms with E-state index in [4.69, 9.17) is 14.2 Å². The highest BCUT2D eigenvalue weighted by Crippen LogP contribution is 2.15. The summed E-state index contributed by atoms with van der Waals surface area (Å²) in [5.41, 5.74) is 0. The Morgan fingerprint density at radius 1 is 0.350 bits per heavy atom. The average molecular weight is 841 g/mol. The average Bonchev–Trinajstić information content (AvgIpc) is 3.24. The van der Waals surface area contributed by atoms with Crippen LogP contribution < -0.4 is 0 Å². The lowest BCUT2D eigenvalue weighted by atomic mass is 10.1. The summed E-state index contributed by atoms with van der Waals surface area (Å²) in [6, 6.07) is 0. The summed E-state index contributed by atoms with van der Waals surface area (Å²) in [5, 5.41) is 0. The van der Waals surface area contributed by atoms with Crippen molar-refractivity contribution in [3.63, 3.8) is 0 Å². The highest BCUT2D eigenvalue weighted by molar-refractivity contribution is 5.71. The van der Waals surface area contributed by atoms with Gasteiger partial charge >= 0.3 is 17.9 Å². The molecule has 6 heteroatoms. The SMILES string of the molecule is CC/C=C\C/C=C\C/C=C\CCCCCCCC(=O)OC(COC(=O)CCCCCCCCCC)COC(=O)CCCCCCCCCCC/C=C\CCCCCCCC. The molecule has 0 heterocycles. The van der Waals surface area contributed by atoms with Gasteiger partial charge in [-0.05, 0) is 77.0 Å². The number of carbonyl (C=O) groups is 3. The molecule has 0 aromatic carbocycles. The van der Waals surface area contributed by atoms with E-state index in [1.54, 1.807) is 0 Å². The summed E-state index contributed by atoms with van der Waals surface area (Å²) in [5.74, 6) is -0.897. The van der Waals surface area contributed by atoms with E-state index >= 15 is 0 Å². The van der Waals surface area contributed by atoms with Crippen molar-refractivity contribution in [3.05, 3.63) is 48.6 Å². The lowest BCUT2D eigenvalue weighted by Gasteiger charge is -2.18. The number of hydrogen-bond donors (Lipinski definition) is 0. The van der Waals surface area contributed by atoms with Crippen LogP contribution in [0.25, 0.3) is 0 Å². The molecule has 0 aromatic rings. The van der Waals surface area contributed by atoms with Crippen LogP contribution in [0.2, 0.25) is 0 Å². The summed E-state index contributed by atoms with van der Waals surface area (Å²) >= 11 is 0. The number of carbonyl (C=O) groups excluding carboxylic acids is 3. The van der Waals surface area contributed by atoms with Gasteiger partial charge in [0.05, 0.1) is 0 Å². The molecule has 6 nitrogen and oxygen atoms in total. The van der Waals surface area contributed by atoms with E-state index in [1.807, 2.05) is 0 Å². The smallest absolute Gasteiger partial charge is 0.306 e. The molecule has 0 aromatic heterocycles. The monoisotopic (exact) mass is 841 g/mol. The molecule has 0 aliphatic rings. The van der Waals surface area contributed by atoms with Crippen molar-refractivity contribution in [2.24, 2.45) is 0 Å². The van der Waals surface area contributed by atoms with Crippen LogP contribution in [-0.2, 0) is 28.6 Å². The second-order valence-electron chi connectivity index (χ2n) is 17.1. The van der Waals surface area contributed by atoms with E-state index in [9.17, 15) is 14.4 Å². The van der Waals surface area contributed by atoms with E-state index in [-0.39, 0.29) is 31.1 Å². The largest absolute Gasteiger partial charge is 0.462 e. The lowest BCUT2D eigenvalue weighted by Crippen LogP contribution is -2.30. The lowest BCUT2D eigenvalue weighted by molar-refractivity contribution is -0.167. The topological polar surface area (TPSA) is 78.9 Å². The van der Waals surface area contributed by atoms with Crippen molar-refractivity contribution in [1.82, 2.24) is 0 Å². The fraction of sp³-hybridized carbons (Fsp3) is 0.796. The molecular formula is C54H96O6. The minimum absolute atomic E-state index is 0.0793. The quantitative estimate of drug-likeness (QED) is 0.0263. The molecule has 0 bridgehead atoms. The van der Waals surface area contributed by atoms with Crippen molar-refractivity contribution in [3.8, 4) is 0 Å². The summed E-state index contributed by atoms with van der Waals surface area (Å²) in [6.07, 6.45) is 58.2. The van der Waals surface area contributed by atoms with Crippen LogP contribution in [0, 0.1) is 0 Å². The molecule has 0 N–H and O–H groups in total. The van der Waals surface area contributed by atoms with Gasteiger partial charge in [0, 0.05) is 19.3 Å². The maximum atomic E-state index is 12.8. The third-order valence-corrected chi connectivity index (χ3v) is 11.1. The molecule has 0 radical (unpaired) electrons. The Balaban J connectivity index is 4.28. The molecular weight excluding hydrogens is 745 g/mol. The molecule has 348 valence electrons. The van der Waals surface area contributed by atoms with Crippen LogP contribution in [0.5, 0.6) is 0 Å². The Morgan fingerprint density at radius 2 is 0.650 bits per heavy atom. The zero-order chi connectivity index (χ0) is 43.7. The predicted octanol–water partition coefficient (Wildman–Crippen LogP) is 16.7. The molecule has 0 rings (SSSR count). The van der Waals surface area contributed by atoms with Crippen LogP contribution in [0.4, 0.5) is 0 Å². The van der Waals surface area contributed by atoms with Gasteiger partial charge in [-0.2, -0.15) is 0 Å². The Bertz CT molecular complexity index is 1060. The van der Waals surface area contributed by atoms with Gasteiger partial charge < -0.3 is 14.2 Å². The van der Waals surface area contributed by atoms with E-state index in [1.165, 1.54) is 122 Å². The van der Waals surface area contributed by atoms with Gasteiger partial charge in [-0.25, -0.2) is 0 Å². The van der Waals surface area contributed by atoms with E-state index in [0.717, 1.165) is 96.3 Å².